The Hall–Kier alpha value is -1.06. The summed E-state index contributed by atoms with van der Waals surface area (Å²) >= 11 is 0. The molecular weight excluding hydrogens is 180 g/mol. The molecule has 0 spiro atoms. The number of hydrogen-bond acceptors (Lipinski definition) is 2. The van der Waals surface area contributed by atoms with Crippen LogP contribution < -0.4 is 10.6 Å². The number of rotatable bonds is 4. The van der Waals surface area contributed by atoms with Crippen molar-refractivity contribution in [2.45, 2.75) is 49.0 Å². The lowest BCUT2D eigenvalue weighted by molar-refractivity contribution is -0.122. The summed E-state index contributed by atoms with van der Waals surface area (Å²) in [5.41, 5.74) is 0. The average Bonchev–Trinajstić information content (AvgIpc) is 2.04. The van der Waals surface area contributed by atoms with Gasteiger partial charge in [0.25, 0.3) is 0 Å². The SMILES string of the molecule is C.C.C.CCC(=O)NCNC(=O)CC. The van der Waals surface area contributed by atoms with Crippen molar-refractivity contribution in [3.63, 3.8) is 0 Å². The van der Waals surface area contributed by atoms with Gasteiger partial charge in [-0.15, -0.1) is 0 Å². The fourth-order valence-electron chi connectivity index (χ4n) is 0.491. The fraction of sp³-hybridized carbons (Fsp3) is 0.800. The molecule has 0 aromatic heterocycles. The van der Waals surface area contributed by atoms with Crippen molar-refractivity contribution in [1.29, 1.82) is 0 Å². The van der Waals surface area contributed by atoms with Gasteiger partial charge in [0.15, 0.2) is 0 Å². The first-order chi connectivity index (χ1) is 5.20. The van der Waals surface area contributed by atoms with E-state index in [9.17, 15) is 9.59 Å². The normalized spacial score (nSPS) is 7.00. The maximum atomic E-state index is 10.6. The molecule has 0 rings (SSSR count). The highest BCUT2D eigenvalue weighted by molar-refractivity contribution is 5.78. The van der Waals surface area contributed by atoms with Crippen molar-refractivity contribution < 1.29 is 9.59 Å². The number of carbonyl (C=O) groups excluding carboxylic acids is 2. The maximum absolute atomic E-state index is 10.6. The average molecular weight is 206 g/mol. The molecule has 0 atom stereocenters. The van der Waals surface area contributed by atoms with Gasteiger partial charge in [-0.2, -0.15) is 0 Å². The van der Waals surface area contributed by atoms with E-state index in [1.54, 1.807) is 13.8 Å². The third kappa shape index (κ3) is 13.5. The van der Waals surface area contributed by atoms with Crippen molar-refractivity contribution in [2.75, 3.05) is 6.67 Å². The summed E-state index contributed by atoms with van der Waals surface area (Å²) in [6, 6.07) is 0. The van der Waals surface area contributed by atoms with Crippen LogP contribution in [0.4, 0.5) is 0 Å². The van der Waals surface area contributed by atoms with Crippen LogP contribution >= 0.6 is 0 Å². The van der Waals surface area contributed by atoms with Crippen LogP contribution in [0.5, 0.6) is 0 Å². The van der Waals surface area contributed by atoms with Crippen LogP contribution in [0.25, 0.3) is 0 Å². The first-order valence-corrected chi connectivity index (χ1v) is 3.74. The summed E-state index contributed by atoms with van der Waals surface area (Å²) < 4.78 is 0. The van der Waals surface area contributed by atoms with Gasteiger partial charge < -0.3 is 10.6 Å². The van der Waals surface area contributed by atoms with Gasteiger partial charge in [0.1, 0.15) is 0 Å². The Morgan fingerprint density at radius 2 is 1.14 bits per heavy atom. The van der Waals surface area contributed by atoms with E-state index in [-0.39, 0.29) is 40.8 Å². The zero-order valence-corrected chi connectivity index (χ0v) is 6.94. The molecule has 0 aromatic rings. The second kappa shape index (κ2) is 14.5. The first kappa shape index (κ1) is 23.1. The van der Waals surface area contributed by atoms with E-state index in [0.717, 1.165) is 0 Å². The smallest absolute Gasteiger partial charge is 0.221 e. The highest BCUT2D eigenvalue weighted by atomic mass is 16.2. The van der Waals surface area contributed by atoms with Gasteiger partial charge in [0, 0.05) is 12.8 Å². The summed E-state index contributed by atoms with van der Waals surface area (Å²) in [5.74, 6) is -0.109. The Bertz CT molecular complexity index is 131. The molecule has 4 nitrogen and oxygen atoms in total. The van der Waals surface area contributed by atoms with Gasteiger partial charge in [-0.05, 0) is 0 Å². The Balaban J connectivity index is -0.000000167. The molecule has 0 aliphatic heterocycles. The van der Waals surface area contributed by atoms with Crippen LogP contribution in [0.2, 0.25) is 0 Å². The van der Waals surface area contributed by atoms with Crippen LogP contribution in [0, 0.1) is 0 Å². The number of amides is 2. The summed E-state index contributed by atoms with van der Waals surface area (Å²) in [5, 5.41) is 5.05. The predicted octanol–water partition coefficient (Wildman–Crippen LogP) is 1.90. The van der Waals surface area contributed by atoms with Crippen LogP contribution in [0.1, 0.15) is 49.0 Å². The van der Waals surface area contributed by atoms with E-state index in [1.807, 2.05) is 0 Å². The van der Waals surface area contributed by atoms with Crippen molar-refractivity contribution in [2.24, 2.45) is 0 Å². The second-order valence-corrected chi connectivity index (χ2v) is 2.08. The lowest BCUT2D eigenvalue weighted by atomic mass is 10.4. The van der Waals surface area contributed by atoms with Crippen LogP contribution in [0.3, 0.4) is 0 Å². The minimum absolute atomic E-state index is 0. The van der Waals surface area contributed by atoms with Crippen LogP contribution in [-0.2, 0) is 9.59 Å². The molecular formula is C10H26N2O2. The molecule has 0 bridgehead atoms. The Labute approximate surface area is 88.5 Å². The molecule has 0 aliphatic rings. The van der Waals surface area contributed by atoms with Gasteiger partial charge in [-0.1, -0.05) is 36.1 Å². The molecule has 0 heterocycles. The third-order valence-electron chi connectivity index (χ3n) is 1.21. The number of hydrogen-bond donors (Lipinski definition) is 2. The van der Waals surface area contributed by atoms with Gasteiger partial charge in [-0.3, -0.25) is 9.59 Å². The van der Waals surface area contributed by atoms with Gasteiger partial charge in [-0.25, -0.2) is 0 Å². The Morgan fingerprint density at radius 3 is 1.36 bits per heavy atom. The van der Waals surface area contributed by atoms with E-state index in [0.29, 0.717) is 12.8 Å². The fourth-order valence-corrected chi connectivity index (χ4v) is 0.491. The molecule has 0 saturated heterocycles. The van der Waals surface area contributed by atoms with Crippen molar-refractivity contribution in [3.05, 3.63) is 0 Å². The second-order valence-electron chi connectivity index (χ2n) is 2.08. The summed E-state index contributed by atoms with van der Waals surface area (Å²) in [7, 11) is 0. The molecule has 0 radical (unpaired) electrons. The van der Waals surface area contributed by atoms with Crippen molar-refractivity contribution in [1.82, 2.24) is 10.6 Å². The Morgan fingerprint density at radius 1 is 0.857 bits per heavy atom. The largest absolute Gasteiger partial charge is 0.339 e. The Kier molecular flexibility index (Phi) is 23.8. The van der Waals surface area contributed by atoms with Gasteiger partial charge >= 0.3 is 0 Å². The lowest BCUT2D eigenvalue weighted by Gasteiger charge is -2.03. The van der Waals surface area contributed by atoms with E-state index in [2.05, 4.69) is 10.6 Å². The molecule has 2 amide bonds. The third-order valence-corrected chi connectivity index (χ3v) is 1.21. The number of nitrogens with one attached hydrogen (secondary N) is 2. The molecule has 0 aliphatic carbocycles. The highest BCUT2D eigenvalue weighted by Gasteiger charge is 1.96. The highest BCUT2D eigenvalue weighted by Crippen LogP contribution is 1.74. The number of carbonyl (C=O) groups is 2. The topological polar surface area (TPSA) is 58.2 Å². The van der Waals surface area contributed by atoms with Crippen LogP contribution in [0.15, 0.2) is 0 Å². The van der Waals surface area contributed by atoms with Crippen LogP contribution in [-0.4, -0.2) is 18.5 Å². The predicted molar refractivity (Wildman–Crippen MR) is 61.9 cm³/mol. The zero-order valence-electron chi connectivity index (χ0n) is 6.94. The lowest BCUT2D eigenvalue weighted by Crippen LogP contribution is -2.36. The minimum Gasteiger partial charge on any atom is -0.339 e. The molecule has 0 unspecified atom stereocenters. The molecule has 14 heavy (non-hydrogen) atoms. The summed E-state index contributed by atoms with van der Waals surface area (Å²) in [4.78, 5) is 21.2. The summed E-state index contributed by atoms with van der Waals surface area (Å²) in [6.45, 7) is 3.76. The standard InChI is InChI=1S/C7H14N2O2.3CH4/c1-3-6(10)8-5-9-7(11)4-2;;;/h3-5H2,1-2H3,(H,8,10)(H,9,11);3*1H4. The van der Waals surface area contributed by atoms with Crippen molar-refractivity contribution >= 4 is 11.8 Å². The summed E-state index contributed by atoms with van der Waals surface area (Å²) in [6.07, 6.45) is 0.893. The molecule has 2 N–H and O–H groups in total. The van der Waals surface area contributed by atoms with Gasteiger partial charge in [0.2, 0.25) is 11.8 Å². The van der Waals surface area contributed by atoms with E-state index >= 15 is 0 Å². The van der Waals surface area contributed by atoms with Gasteiger partial charge in [0.05, 0.1) is 6.67 Å². The quantitative estimate of drug-likeness (QED) is 0.690. The molecule has 0 aromatic carbocycles. The first-order valence-electron chi connectivity index (χ1n) is 3.74. The maximum Gasteiger partial charge on any atom is 0.221 e. The molecule has 0 fully saturated rings. The van der Waals surface area contributed by atoms with Crippen molar-refractivity contribution in [3.8, 4) is 0 Å². The molecule has 88 valence electrons. The molecule has 4 heteroatoms. The van der Waals surface area contributed by atoms with E-state index < -0.39 is 0 Å². The van der Waals surface area contributed by atoms with E-state index in [1.165, 1.54) is 0 Å². The molecule has 0 saturated carbocycles. The minimum atomic E-state index is -0.0543. The monoisotopic (exact) mass is 206 g/mol. The van der Waals surface area contributed by atoms with E-state index in [4.69, 9.17) is 0 Å². The zero-order chi connectivity index (χ0) is 8.69.